The number of hydrogen-bond donors (Lipinski definition) is 2. The molecule has 30 heavy (non-hydrogen) atoms. The van der Waals surface area contributed by atoms with Crippen LogP contribution in [-0.2, 0) is 11.2 Å². The highest BCUT2D eigenvalue weighted by Crippen LogP contribution is 2.25. The standard InChI is InChI=1S/C22H23FN4O2S/c1-3-24-21-17-6-4-5-7-19(17)26-22(27-21)30-13-20(29)16-9-8-15(18(23)12-16)10-11-25-14(2)28/h4-9,12H,3,10-11,13H2,1-2H3,(H,25,28)(H,24,26,27). The van der Waals surface area contributed by atoms with Crippen LogP contribution in [0.2, 0.25) is 0 Å². The predicted molar refractivity (Wildman–Crippen MR) is 118 cm³/mol. The van der Waals surface area contributed by atoms with Crippen LogP contribution in [0.5, 0.6) is 0 Å². The highest BCUT2D eigenvalue weighted by molar-refractivity contribution is 7.99. The van der Waals surface area contributed by atoms with Crippen molar-refractivity contribution >= 4 is 40.2 Å². The van der Waals surface area contributed by atoms with E-state index in [9.17, 15) is 14.0 Å². The summed E-state index contributed by atoms with van der Waals surface area (Å²) in [5, 5.41) is 7.26. The van der Waals surface area contributed by atoms with Crippen molar-refractivity contribution in [1.82, 2.24) is 15.3 Å². The summed E-state index contributed by atoms with van der Waals surface area (Å²) in [6, 6.07) is 12.1. The van der Waals surface area contributed by atoms with E-state index in [2.05, 4.69) is 20.6 Å². The fourth-order valence-electron chi connectivity index (χ4n) is 2.93. The van der Waals surface area contributed by atoms with E-state index < -0.39 is 5.82 Å². The zero-order valence-electron chi connectivity index (χ0n) is 16.9. The van der Waals surface area contributed by atoms with Gasteiger partial charge < -0.3 is 10.6 Å². The van der Waals surface area contributed by atoms with E-state index in [4.69, 9.17) is 0 Å². The molecule has 0 aliphatic heterocycles. The molecule has 3 aromatic rings. The van der Waals surface area contributed by atoms with Crippen LogP contribution in [0.3, 0.4) is 0 Å². The van der Waals surface area contributed by atoms with Gasteiger partial charge in [0.1, 0.15) is 11.6 Å². The fourth-order valence-corrected chi connectivity index (χ4v) is 3.68. The Hall–Kier alpha value is -3.00. The van der Waals surface area contributed by atoms with E-state index in [1.165, 1.54) is 24.8 Å². The third-order valence-corrected chi connectivity index (χ3v) is 5.25. The molecule has 1 heterocycles. The SMILES string of the molecule is CCNc1nc(SCC(=O)c2ccc(CCNC(C)=O)c(F)c2)nc2ccccc12. The lowest BCUT2D eigenvalue weighted by molar-refractivity contribution is -0.118. The number of fused-ring (bicyclic) bond motifs is 1. The number of halogens is 1. The summed E-state index contributed by atoms with van der Waals surface area (Å²) < 4.78 is 14.3. The number of nitrogens with one attached hydrogen (secondary N) is 2. The van der Waals surface area contributed by atoms with Crippen molar-refractivity contribution in [3.8, 4) is 0 Å². The Bertz CT molecular complexity index is 1070. The molecule has 1 amide bonds. The average molecular weight is 427 g/mol. The van der Waals surface area contributed by atoms with Gasteiger partial charge in [0.2, 0.25) is 5.91 Å². The van der Waals surface area contributed by atoms with Crippen molar-refractivity contribution < 1.29 is 14.0 Å². The van der Waals surface area contributed by atoms with Crippen LogP contribution in [0.25, 0.3) is 10.9 Å². The summed E-state index contributed by atoms with van der Waals surface area (Å²) in [4.78, 5) is 32.5. The van der Waals surface area contributed by atoms with Crippen molar-refractivity contribution in [2.75, 3.05) is 24.2 Å². The number of benzene rings is 2. The summed E-state index contributed by atoms with van der Waals surface area (Å²) in [5.74, 6) is 0.0240. The molecule has 2 N–H and O–H groups in total. The highest BCUT2D eigenvalue weighted by atomic mass is 32.2. The molecule has 0 radical (unpaired) electrons. The van der Waals surface area contributed by atoms with Gasteiger partial charge in [-0.25, -0.2) is 14.4 Å². The van der Waals surface area contributed by atoms with Crippen LogP contribution in [0.15, 0.2) is 47.6 Å². The summed E-state index contributed by atoms with van der Waals surface area (Å²) in [7, 11) is 0. The molecular formula is C22H23FN4O2S. The molecule has 3 rings (SSSR count). The number of nitrogens with zero attached hydrogens (tertiary/aromatic N) is 2. The smallest absolute Gasteiger partial charge is 0.216 e. The summed E-state index contributed by atoms with van der Waals surface area (Å²) in [5.41, 5.74) is 1.56. The van der Waals surface area contributed by atoms with Crippen molar-refractivity contribution in [2.45, 2.75) is 25.4 Å². The second-order valence-corrected chi connectivity index (χ2v) is 7.60. The number of hydrogen-bond acceptors (Lipinski definition) is 6. The van der Waals surface area contributed by atoms with Crippen molar-refractivity contribution in [3.63, 3.8) is 0 Å². The first kappa shape index (κ1) is 21.7. The third kappa shape index (κ3) is 5.54. The number of carbonyl (C=O) groups excluding carboxylic acids is 2. The minimum absolute atomic E-state index is 0.106. The molecule has 6 nitrogen and oxygen atoms in total. The van der Waals surface area contributed by atoms with Crippen LogP contribution in [-0.4, -0.2) is 40.5 Å². The number of rotatable bonds is 9. The summed E-state index contributed by atoms with van der Waals surface area (Å²) >= 11 is 1.22. The zero-order valence-corrected chi connectivity index (χ0v) is 17.7. The number of thioether (sulfide) groups is 1. The van der Waals surface area contributed by atoms with E-state index in [1.54, 1.807) is 12.1 Å². The maximum absolute atomic E-state index is 14.3. The number of Topliss-reactive ketones (excluding diaryl/α,β-unsaturated/α-hetero) is 1. The van der Waals surface area contributed by atoms with E-state index in [0.717, 1.165) is 23.3 Å². The molecule has 0 bridgehead atoms. The van der Waals surface area contributed by atoms with Gasteiger partial charge in [-0.1, -0.05) is 36.0 Å². The maximum Gasteiger partial charge on any atom is 0.216 e. The van der Waals surface area contributed by atoms with E-state index in [1.807, 2.05) is 31.2 Å². The van der Waals surface area contributed by atoms with Gasteiger partial charge in [-0.3, -0.25) is 9.59 Å². The van der Waals surface area contributed by atoms with Crippen LogP contribution < -0.4 is 10.6 Å². The summed E-state index contributed by atoms with van der Waals surface area (Å²) in [6.45, 7) is 4.47. The molecule has 1 aromatic heterocycles. The van der Waals surface area contributed by atoms with Crippen molar-refractivity contribution in [3.05, 3.63) is 59.4 Å². The predicted octanol–water partition coefficient (Wildman–Crippen LogP) is 3.85. The van der Waals surface area contributed by atoms with Gasteiger partial charge in [-0.15, -0.1) is 0 Å². The Labute approximate surface area is 178 Å². The number of amides is 1. The molecule has 8 heteroatoms. The molecule has 0 aliphatic rings. The molecular weight excluding hydrogens is 403 g/mol. The van der Waals surface area contributed by atoms with Crippen LogP contribution in [0.1, 0.15) is 29.8 Å². The molecule has 0 saturated heterocycles. The first-order chi connectivity index (χ1) is 14.5. The Morgan fingerprint density at radius 3 is 2.67 bits per heavy atom. The molecule has 0 unspecified atom stereocenters. The molecule has 2 aromatic carbocycles. The van der Waals surface area contributed by atoms with Crippen LogP contribution in [0, 0.1) is 5.82 Å². The first-order valence-corrected chi connectivity index (χ1v) is 10.7. The molecule has 0 aliphatic carbocycles. The van der Waals surface area contributed by atoms with Gasteiger partial charge in [0.25, 0.3) is 0 Å². The first-order valence-electron chi connectivity index (χ1n) is 9.67. The van der Waals surface area contributed by atoms with Gasteiger partial charge >= 0.3 is 0 Å². The highest BCUT2D eigenvalue weighted by Gasteiger charge is 2.13. The van der Waals surface area contributed by atoms with Crippen molar-refractivity contribution in [2.24, 2.45) is 0 Å². The maximum atomic E-state index is 14.3. The normalized spacial score (nSPS) is 10.8. The fraction of sp³-hybridized carbons (Fsp3) is 0.273. The molecule has 0 spiro atoms. The van der Waals surface area contributed by atoms with Gasteiger partial charge in [0, 0.05) is 31.0 Å². The second kappa shape index (κ2) is 10.2. The largest absolute Gasteiger partial charge is 0.370 e. The lowest BCUT2D eigenvalue weighted by atomic mass is 10.1. The van der Waals surface area contributed by atoms with E-state index in [-0.39, 0.29) is 17.4 Å². The van der Waals surface area contributed by atoms with Gasteiger partial charge in [-0.2, -0.15) is 0 Å². The monoisotopic (exact) mass is 426 g/mol. The number of carbonyl (C=O) groups is 2. The quantitative estimate of drug-likeness (QED) is 0.307. The summed E-state index contributed by atoms with van der Waals surface area (Å²) in [6.07, 6.45) is 0.368. The van der Waals surface area contributed by atoms with Crippen LogP contribution >= 0.6 is 11.8 Å². The number of anilines is 1. The zero-order chi connectivity index (χ0) is 21.5. The van der Waals surface area contributed by atoms with Gasteiger partial charge in [0.05, 0.1) is 11.3 Å². The Morgan fingerprint density at radius 1 is 1.13 bits per heavy atom. The van der Waals surface area contributed by atoms with Crippen molar-refractivity contribution in [1.29, 1.82) is 0 Å². The Morgan fingerprint density at radius 2 is 1.93 bits per heavy atom. The number of aromatic nitrogens is 2. The lowest BCUT2D eigenvalue weighted by Crippen LogP contribution is -2.22. The van der Waals surface area contributed by atoms with E-state index in [0.29, 0.717) is 29.2 Å². The molecule has 156 valence electrons. The topological polar surface area (TPSA) is 84.0 Å². The van der Waals surface area contributed by atoms with Gasteiger partial charge in [0.15, 0.2) is 10.9 Å². The van der Waals surface area contributed by atoms with Gasteiger partial charge in [-0.05, 0) is 37.1 Å². The molecule has 0 atom stereocenters. The minimum Gasteiger partial charge on any atom is -0.370 e. The molecule has 0 fully saturated rings. The van der Waals surface area contributed by atoms with E-state index >= 15 is 0 Å². The third-order valence-electron chi connectivity index (χ3n) is 4.40. The second-order valence-electron chi connectivity index (χ2n) is 6.65. The van der Waals surface area contributed by atoms with Crippen LogP contribution in [0.4, 0.5) is 10.2 Å². The minimum atomic E-state index is -0.451. The Kier molecular flexibility index (Phi) is 7.35. The number of ketones is 1. The lowest BCUT2D eigenvalue weighted by Gasteiger charge is -2.09. The number of para-hydroxylation sites is 1. The Balaban J connectivity index is 1.68. The molecule has 0 saturated carbocycles. The average Bonchev–Trinajstić information content (AvgIpc) is 2.73.